The van der Waals surface area contributed by atoms with Gasteiger partial charge in [0.05, 0.1) is 12.7 Å². The van der Waals surface area contributed by atoms with Gasteiger partial charge in [0.15, 0.2) is 5.96 Å². The van der Waals surface area contributed by atoms with Gasteiger partial charge in [-0.25, -0.2) is 0 Å². The molecular weight excluding hydrogens is 324 g/mol. The van der Waals surface area contributed by atoms with E-state index >= 15 is 0 Å². The van der Waals surface area contributed by atoms with E-state index in [4.69, 9.17) is 0 Å². The highest BCUT2D eigenvalue weighted by Gasteiger charge is 2.02. The van der Waals surface area contributed by atoms with Crippen LogP contribution in [0.4, 0.5) is 0 Å². The van der Waals surface area contributed by atoms with Crippen LogP contribution in [0.15, 0.2) is 72.1 Å². The van der Waals surface area contributed by atoms with Gasteiger partial charge in [0.1, 0.15) is 0 Å². The van der Waals surface area contributed by atoms with Crippen LogP contribution in [0, 0.1) is 0 Å². The van der Waals surface area contributed by atoms with Gasteiger partial charge >= 0.3 is 0 Å². The Morgan fingerprint density at radius 3 is 2.65 bits per heavy atom. The molecule has 0 saturated heterocycles. The fraction of sp³-hybridized carbons (Fsp3) is 0.250. The molecule has 3 rings (SSSR count). The molecule has 134 valence electrons. The van der Waals surface area contributed by atoms with E-state index in [2.05, 4.69) is 44.0 Å². The van der Waals surface area contributed by atoms with Gasteiger partial charge in [-0.05, 0) is 17.7 Å². The van der Waals surface area contributed by atoms with Crippen molar-refractivity contribution in [2.75, 3.05) is 13.6 Å². The zero-order valence-corrected chi connectivity index (χ0v) is 15.0. The molecule has 2 N–H and O–H groups in total. The minimum Gasteiger partial charge on any atom is -0.356 e. The minimum absolute atomic E-state index is 0.679. The predicted molar refractivity (Wildman–Crippen MR) is 104 cm³/mol. The molecule has 0 saturated carbocycles. The SMILES string of the molecule is CN=C(NCCc1ccccn1)NCc1cnn(Cc2ccccc2)c1. The summed E-state index contributed by atoms with van der Waals surface area (Å²) in [6.07, 6.45) is 6.62. The quantitative estimate of drug-likeness (QED) is 0.508. The van der Waals surface area contributed by atoms with Gasteiger partial charge in [-0.3, -0.25) is 14.7 Å². The first kappa shape index (κ1) is 17.7. The summed E-state index contributed by atoms with van der Waals surface area (Å²) in [4.78, 5) is 8.58. The summed E-state index contributed by atoms with van der Waals surface area (Å²) < 4.78 is 1.95. The van der Waals surface area contributed by atoms with Crippen LogP contribution >= 0.6 is 0 Å². The van der Waals surface area contributed by atoms with Crippen molar-refractivity contribution in [2.45, 2.75) is 19.5 Å². The number of hydrogen-bond donors (Lipinski definition) is 2. The molecule has 2 aromatic heterocycles. The second-order valence-corrected chi connectivity index (χ2v) is 5.96. The lowest BCUT2D eigenvalue weighted by Crippen LogP contribution is -2.37. The second kappa shape index (κ2) is 9.36. The van der Waals surface area contributed by atoms with Crippen molar-refractivity contribution in [3.63, 3.8) is 0 Å². The van der Waals surface area contributed by atoms with Crippen LogP contribution in [-0.4, -0.2) is 34.3 Å². The fourth-order valence-electron chi connectivity index (χ4n) is 2.62. The second-order valence-electron chi connectivity index (χ2n) is 5.96. The molecular formula is C20H24N6. The number of guanidine groups is 1. The van der Waals surface area contributed by atoms with E-state index < -0.39 is 0 Å². The standard InChI is InChI=1S/C20H24N6/c1-21-20(23-12-10-19-9-5-6-11-22-19)24-13-18-14-25-26(16-18)15-17-7-3-2-4-8-17/h2-9,11,14,16H,10,12-13,15H2,1H3,(H2,21,23,24). The smallest absolute Gasteiger partial charge is 0.191 e. The molecule has 2 heterocycles. The van der Waals surface area contributed by atoms with Crippen LogP contribution in [0.3, 0.4) is 0 Å². The Balaban J connectivity index is 1.44. The molecule has 0 spiro atoms. The largest absolute Gasteiger partial charge is 0.356 e. The number of rotatable bonds is 7. The van der Waals surface area contributed by atoms with Gasteiger partial charge in [0, 0.05) is 50.2 Å². The number of nitrogens with one attached hydrogen (secondary N) is 2. The topological polar surface area (TPSA) is 67.1 Å². The van der Waals surface area contributed by atoms with Crippen LogP contribution in [0.1, 0.15) is 16.8 Å². The maximum atomic E-state index is 4.43. The average molecular weight is 348 g/mol. The van der Waals surface area contributed by atoms with Crippen molar-refractivity contribution in [1.82, 2.24) is 25.4 Å². The molecule has 0 unspecified atom stereocenters. The Kier molecular flexibility index (Phi) is 6.36. The summed E-state index contributed by atoms with van der Waals surface area (Å²) in [5.41, 5.74) is 3.42. The van der Waals surface area contributed by atoms with Crippen molar-refractivity contribution >= 4 is 5.96 Å². The molecule has 26 heavy (non-hydrogen) atoms. The maximum absolute atomic E-state index is 4.43. The number of aromatic nitrogens is 3. The van der Waals surface area contributed by atoms with E-state index in [0.717, 1.165) is 36.7 Å². The maximum Gasteiger partial charge on any atom is 0.191 e. The Bertz CT molecular complexity index is 811. The third kappa shape index (κ3) is 5.44. The molecule has 3 aromatic rings. The molecule has 6 heteroatoms. The van der Waals surface area contributed by atoms with Gasteiger partial charge < -0.3 is 10.6 Å². The third-order valence-electron chi connectivity index (χ3n) is 3.96. The molecule has 0 radical (unpaired) electrons. The highest BCUT2D eigenvalue weighted by molar-refractivity contribution is 5.79. The van der Waals surface area contributed by atoms with Gasteiger partial charge in [-0.15, -0.1) is 0 Å². The molecule has 0 aliphatic rings. The molecule has 1 aromatic carbocycles. The Hall–Kier alpha value is -3.15. The molecule has 0 aliphatic carbocycles. The summed E-state index contributed by atoms with van der Waals surface area (Å²) in [5, 5.41) is 11.0. The molecule has 0 amide bonds. The van der Waals surface area contributed by atoms with E-state index in [9.17, 15) is 0 Å². The first-order chi connectivity index (χ1) is 12.8. The van der Waals surface area contributed by atoms with E-state index in [1.54, 1.807) is 7.05 Å². The van der Waals surface area contributed by atoms with E-state index in [1.807, 2.05) is 53.5 Å². The Labute approximate surface area is 154 Å². The Morgan fingerprint density at radius 1 is 1.04 bits per heavy atom. The number of hydrogen-bond acceptors (Lipinski definition) is 3. The zero-order valence-electron chi connectivity index (χ0n) is 15.0. The lowest BCUT2D eigenvalue weighted by Gasteiger charge is -2.10. The van der Waals surface area contributed by atoms with Gasteiger partial charge in [0.25, 0.3) is 0 Å². The van der Waals surface area contributed by atoms with Gasteiger partial charge in [-0.1, -0.05) is 36.4 Å². The lowest BCUT2D eigenvalue weighted by atomic mass is 10.2. The van der Waals surface area contributed by atoms with Crippen LogP contribution in [-0.2, 0) is 19.5 Å². The summed E-state index contributed by atoms with van der Waals surface area (Å²) in [6.45, 7) is 2.24. The van der Waals surface area contributed by atoms with E-state index in [-0.39, 0.29) is 0 Å². The highest BCUT2D eigenvalue weighted by atomic mass is 15.3. The van der Waals surface area contributed by atoms with E-state index in [0.29, 0.717) is 6.54 Å². The summed E-state index contributed by atoms with van der Waals surface area (Å²) >= 11 is 0. The zero-order chi connectivity index (χ0) is 18.0. The summed E-state index contributed by atoms with van der Waals surface area (Å²) in [6, 6.07) is 16.3. The van der Waals surface area contributed by atoms with E-state index in [1.165, 1.54) is 5.56 Å². The van der Waals surface area contributed by atoms with Crippen molar-refractivity contribution in [2.24, 2.45) is 4.99 Å². The monoisotopic (exact) mass is 348 g/mol. The number of benzene rings is 1. The molecule has 0 atom stereocenters. The van der Waals surface area contributed by atoms with Crippen molar-refractivity contribution in [3.8, 4) is 0 Å². The molecule has 0 fully saturated rings. The van der Waals surface area contributed by atoms with Crippen LogP contribution in [0.5, 0.6) is 0 Å². The number of nitrogens with zero attached hydrogens (tertiary/aromatic N) is 4. The number of aliphatic imine (C=N–C) groups is 1. The van der Waals surface area contributed by atoms with Crippen molar-refractivity contribution in [1.29, 1.82) is 0 Å². The highest BCUT2D eigenvalue weighted by Crippen LogP contribution is 2.04. The summed E-state index contributed by atoms with van der Waals surface area (Å²) in [7, 11) is 1.77. The van der Waals surface area contributed by atoms with Crippen LogP contribution in [0.2, 0.25) is 0 Å². The molecule has 0 bridgehead atoms. The lowest BCUT2D eigenvalue weighted by molar-refractivity contribution is 0.685. The Morgan fingerprint density at radius 2 is 1.88 bits per heavy atom. The summed E-state index contributed by atoms with van der Waals surface area (Å²) in [5.74, 6) is 0.775. The first-order valence-electron chi connectivity index (χ1n) is 8.73. The van der Waals surface area contributed by atoms with Crippen molar-refractivity contribution in [3.05, 3.63) is 83.9 Å². The van der Waals surface area contributed by atoms with Gasteiger partial charge in [0.2, 0.25) is 0 Å². The predicted octanol–water partition coefficient (Wildman–Crippen LogP) is 2.23. The van der Waals surface area contributed by atoms with Crippen LogP contribution in [0.25, 0.3) is 0 Å². The molecule has 6 nitrogen and oxygen atoms in total. The first-order valence-corrected chi connectivity index (χ1v) is 8.73. The van der Waals surface area contributed by atoms with Crippen LogP contribution < -0.4 is 10.6 Å². The molecule has 0 aliphatic heterocycles. The fourth-order valence-corrected chi connectivity index (χ4v) is 2.62. The van der Waals surface area contributed by atoms with Crippen molar-refractivity contribution < 1.29 is 0 Å². The minimum atomic E-state index is 0.679. The third-order valence-corrected chi connectivity index (χ3v) is 3.96. The average Bonchev–Trinajstić information content (AvgIpc) is 3.13. The normalized spacial score (nSPS) is 11.3. The number of pyridine rings is 1. The van der Waals surface area contributed by atoms with Gasteiger partial charge in [-0.2, -0.15) is 5.10 Å².